The van der Waals surface area contributed by atoms with Crippen LogP contribution in [-0.4, -0.2) is 37.5 Å². The first-order valence-corrected chi connectivity index (χ1v) is 6.98. The number of rotatable bonds is 4. The average molecular weight is 239 g/mol. The Bertz CT molecular complexity index is 254. The number of nitrogens with one attached hydrogen (secondary N) is 1. The van der Waals surface area contributed by atoms with Crippen molar-refractivity contribution in [2.24, 2.45) is 16.3 Å². The minimum atomic E-state index is 0.437. The van der Waals surface area contributed by atoms with Crippen LogP contribution < -0.4 is 5.32 Å². The summed E-state index contributed by atoms with van der Waals surface area (Å²) in [5.74, 6) is 1.85. The zero-order valence-corrected chi connectivity index (χ0v) is 12.2. The minimum absolute atomic E-state index is 0.437. The summed E-state index contributed by atoms with van der Waals surface area (Å²) in [5.41, 5.74) is 0.437. The largest absolute Gasteiger partial charge is 0.356 e. The molecule has 0 unspecified atom stereocenters. The van der Waals surface area contributed by atoms with E-state index in [0.29, 0.717) is 5.41 Å². The van der Waals surface area contributed by atoms with Crippen LogP contribution in [0.4, 0.5) is 0 Å². The lowest BCUT2D eigenvalue weighted by Gasteiger charge is -2.25. The maximum Gasteiger partial charge on any atom is 0.193 e. The fraction of sp³-hybridized carbons (Fsp3) is 0.929. The van der Waals surface area contributed by atoms with Gasteiger partial charge in [-0.3, -0.25) is 4.99 Å². The van der Waals surface area contributed by atoms with Gasteiger partial charge in [0.15, 0.2) is 5.96 Å². The molecule has 1 N–H and O–H groups in total. The first-order chi connectivity index (χ1) is 8.02. The summed E-state index contributed by atoms with van der Waals surface area (Å²) in [6.45, 7) is 12.5. The van der Waals surface area contributed by atoms with Crippen molar-refractivity contribution in [2.75, 3.05) is 26.7 Å². The third kappa shape index (κ3) is 4.21. The van der Waals surface area contributed by atoms with Crippen LogP contribution in [-0.2, 0) is 0 Å². The van der Waals surface area contributed by atoms with Crippen LogP contribution >= 0.6 is 0 Å². The second-order valence-electron chi connectivity index (χ2n) is 5.95. The quantitative estimate of drug-likeness (QED) is 0.603. The minimum Gasteiger partial charge on any atom is -0.356 e. The van der Waals surface area contributed by atoms with E-state index in [-0.39, 0.29) is 0 Å². The van der Waals surface area contributed by atoms with E-state index in [1.54, 1.807) is 0 Å². The molecule has 0 radical (unpaired) electrons. The molecule has 0 amide bonds. The molecule has 0 aliphatic carbocycles. The van der Waals surface area contributed by atoms with Crippen molar-refractivity contribution in [3.8, 4) is 0 Å². The van der Waals surface area contributed by atoms with Gasteiger partial charge in [-0.15, -0.1) is 0 Å². The molecule has 0 aromatic carbocycles. The number of hydrogen-bond donors (Lipinski definition) is 1. The Kier molecular flexibility index (Phi) is 5.29. The van der Waals surface area contributed by atoms with Crippen molar-refractivity contribution < 1.29 is 0 Å². The average Bonchev–Trinajstić information content (AvgIpc) is 2.65. The molecule has 0 aromatic rings. The van der Waals surface area contributed by atoms with Crippen LogP contribution in [0.3, 0.4) is 0 Å². The van der Waals surface area contributed by atoms with E-state index in [1.807, 2.05) is 7.05 Å². The van der Waals surface area contributed by atoms with E-state index in [9.17, 15) is 0 Å². The van der Waals surface area contributed by atoms with Gasteiger partial charge in [0.2, 0.25) is 0 Å². The third-order valence-electron chi connectivity index (χ3n) is 3.89. The Morgan fingerprint density at radius 2 is 2.00 bits per heavy atom. The number of nitrogens with zero attached hydrogens (tertiary/aromatic N) is 2. The maximum atomic E-state index is 4.41. The predicted molar refractivity (Wildman–Crippen MR) is 75.4 cm³/mol. The van der Waals surface area contributed by atoms with Crippen molar-refractivity contribution in [1.29, 1.82) is 0 Å². The summed E-state index contributed by atoms with van der Waals surface area (Å²) in [7, 11) is 1.89. The molecule has 3 heteroatoms. The summed E-state index contributed by atoms with van der Waals surface area (Å²) >= 11 is 0. The maximum absolute atomic E-state index is 4.41. The molecule has 1 heterocycles. The topological polar surface area (TPSA) is 27.6 Å². The highest BCUT2D eigenvalue weighted by atomic mass is 15.3. The lowest BCUT2D eigenvalue weighted by atomic mass is 9.93. The standard InChI is InChI=1S/C14H29N3/c1-6-12(7-2)10-16-13(15-5)17-9-8-14(3,4)11-17/h12H,6-11H2,1-5H3,(H,15,16). The number of hydrogen-bond acceptors (Lipinski definition) is 1. The van der Waals surface area contributed by atoms with Crippen LogP contribution in [0.15, 0.2) is 4.99 Å². The van der Waals surface area contributed by atoms with Crippen LogP contribution in [0.25, 0.3) is 0 Å². The zero-order valence-electron chi connectivity index (χ0n) is 12.2. The van der Waals surface area contributed by atoms with Crippen molar-refractivity contribution in [1.82, 2.24) is 10.2 Å². The van der Waals surface area contributed by atoms with Crippen LogP contribution in [0.2, 0.25) is 0 Å². The van der Waals surface area contributed by atoms with Crippen LogP contribution in [0.1, 0.15) is 47.0 Å². The highest BCUT2D eigenvalue weighted by molar-refractivity contribution is 5.80. The Labute approximate surface area is 107 Å². The van der Waals surface area contributed by atoms with E-state index < -0.39 is 0 Å². The number of likely N-dealkylation sites (tertiary alicyclic amines) is 1. The molecule has 1 aliphatic heterocycles. The van der Waals surface area contributed by atoms with Gasteiger partial charge in [-0.2, -0.15) is 0 Å². The Morgan fingerprint density at radius 1 is 1.35 bits per heavy atom. The lowest BCUT2D eigenvalue weighted by Crippen LogP contribution is -2.42. The zero-order chi connectivity index (χ0) is 12.9. The van der Waals surface area contributed by atoms with Gasteiger partial charge in [0.1, 0.15) is 0 Å². The summed E-state index contributed by atoms with van der Waals surface area (Å²) in [5, 5.41) is 3.53. The highest BCUT2D eigenvalue weighted by Gasteiger charge is 2.30. The molecule has 1 rings (SSSR count). The molecule has 0 aromatic heterocycles. The fourth-order valence-electron chi connectivity index (χ4n) is 2.44. The molecule has 100 valence electrons. The van der Waals surface area contributed by atoms with E-state index in [1.165, 1.54) is 19.3 Å². The van der Waals surface area contributed by atoms with E-state index >= 15 is 0 Å². The summed E-state index contributed by atoms with van der Waals surface area (Å²) in [4.78, 5) is 6.80. The van der Waals surface area contributed by atoms with Gasteiger partial charge in [0, 0.05) is 26.7 Å². The van der Waals surface area contributed by atoms with Crippen molar-refractivity contribution in [3.63, 3.8) is 0 Å². The third-order valence-corrected chi connectivity index (χ3v) is 3.89. The molecular formula is C14H29N3. The Morgan fingerprint density at radius 3 is 2.41 bits per heavy atom. The first-order valence-electron chi connectivity index (χ1n) is 6.98. The highest BCUT2D eigenvalue weighted by Crippen LogP contribution is 2.28. The first kappa shape index (κ1) is 14.3. The Hall–Kier alpha value is -0.730. The molecule has 0 bridgehead atoms. The summed E-state index contributed by atoms with van der Waals surface area (Å²) in [6, 6.07) is 0. The van der Waals surface area contributed by atoms with Crippen LogP contribution in [0, 0.1) is 11.3 Å². The molecule has 1 fully saturated rings. The molecule has 0 atom stereocenters. The number of aliphatic imine (C=N–C) groups is 1. The van der Waals surface area contributed by atoms with Gasteiger partial charge in [0.25, 0.3) is 0 Å². The van der Waals surface area contributed by atoms with Gasteiger partial charge < -0.3 is 10.2 Å². The molecule has 1 aliphatic rings. The number of guanidine groups is 1. The second-order valence-corrected chi connectivity index (χ2v) is 5.95. The van der Waals surface area contributed by atoms with Gasteiger partial charge in [-0.25, -0.2) is 0 Å². The molecule has 0 spiro atoms. The smallest absolute Gasteiger partial charge is 0.193 e. The summed E-state index contributed by atoms with van der Waals surface area (Å²) in [6.07, 6.45) is 3.75. The van der Waals surface area contributed by atoms with E-state index in [2.05, 4.69) is 42.9 Å². The van der Waals surface area contributed by atoms with Crippen molar-refractivity contribution >= 4 is 5.96 Å². The normalized spacial score (nSPS) is 20.1. The van der Waals surface area contributed by atoms with Gasteiger partial charge in [0.05, 0.1) is 0 Å². The van der Waals surface area contributed by atoms with Gasteiger partial charge in [-0.1, -0.05) is 40.5 Å². The van der Waals surface area contributed by atoms with Gasteiger partial charge >= 0.3 is 0 Å². The lowest BCUT2D eigenvalue weighted by molar-refractivity contribution is 0.367. The Balaban J connectivity index is 2.45. The SMILES string of the molecule is CCC(CC)CNC(=NC)N1CCC(C)(C)C1. The van der Waals surface area contributed by atoms with E-state index in [0.717, 1.165) is 31.5 Å². The monoisotopic (exact) mass is 239 g/mol. The molecule has 3 nitrogen and oxygen atoms in total. The summed E-state index contributed by atoms with van der Waals surface area (Å²) < 4.78 is 0. The fourth-order valence-corrected chi connectivity index (χ4v) is 2.44. The van der Waals surface area contributed by atoms with Crippen molar-refractivity contribution in [2.45, 2.75) is 47.0 Å². The second kappa shape index (κ2) is 6.27. The molecule has 0 saturated carbocycles. The van der Waals surface area contributed by atoms with Crippen LogP contribution in [0.5, 0.6) is 0 Å². The molecule has 1 saturated heterocycles. The van der Waals surface area contributed by atoms with E-state index in [4.69, 9.17) is 0 Å². The molecular weight excluding hydrogens is 210 g/mol. The van der Waals surface area contributed by atoms with Crippen molar-refractivity contribution in [3.05, 3.63) is 0 Å². The molecule has 17 heavy (non-hydrogen) atoms. The van der Waals surface area contributed by atoms with Gasteiger partial charge in [-0.05, 0) is 17.8 Å². The predicted octanol–water partition coefficient (Wildman–Crippen LogP) is 2.73.